The Bertz CT molecular complexity index is 1100. The van der Waals surface area contributed by atoms with Crippen molar-refractivity contribution in [3.8, 4) is 16.9 Å². The monoisotopic (exact) mass is 510 g/mol. The first kappa shape index (κ1) is 28.7. The van der Waals surface area contributed by atoms with E-state index in [1.54, 1.807) is 25.1 Å². The van der Waals surface area contributed by atoms with Crippen LogP contribution in [-0.2, 0) is 19.0 Å². The summed E-state index contributed by atoms with van der Waals surface area (Å²) in [5, 5.41) is 9.94. The number of aromatic nitrogens is 1. The van der Waals surface area contributed by atoms with Crippen molar-refractivity contribution in [1.82, 2.24) is 4.98 Å². The van der Waals surface area contributed by atoms with Crippen molar-refractivity contribution < 1.29 is 24.1 Å². The number of phenols is 1. The van der Waals surface area contributed by atoms with E-state index in [0.717, 1.165) is 59.7 Å². The summed E-state index contributed by atoms with van der Waals surface area (Å²) in [4.78, 5) is 20.5. The van der Waals surface area contributed by atoms with E-state index in [0.29, 0.717) is 6.61 Å². The third-order valence-corrected chi connectivity index (χ3v) is 6.66. The highest BCUT2D eigenvalue weighted by Crippen LogP contribution is 2.44. The van der Waals surface area contributed by atoms with Gasteiger partial charge in [-0.05, 0) is 79.0 Å². The molecule has 1 atom stereocenters. The highest BCUT2D eigenvalue weighted by Gasteiger charge is 2.38. The third-order valence-electron chi connectivity index (χ3n) is 6.66. The maximum atomic E-state index is 13.4. The minimum atomic E-state index is -0.941. The van der Waals surface area contributed by atoms with Gasteiger partial charge in [-0.1, -0.05) is 18.2 Å². The molecule has 0 amide bonds. The molecular formula is C30H42N2O5. The molecule has 7 heteroatoms. The molecule has 2 heterocycles. The molecule has 202 valence electrons. The highest BCUT2D eigenvalue weighted by molar-refractivity contribution is 5.88. The number of anilines is 1. The highest BCUT2D eigenvalue weighted by atomic mass is 16.6. The average Bonchev–Trinajstić information content (AvgIpc) is 2.82. The van der Waals surface area contributed by atoms with Crippen LogP contribution in [0.3, 0.4) is 0 Å². The van der Waals surface area contributed by atoms with Gasteiger partial charge in [-0.2, -0.15) is 0 Å². The minimum absolute atomic E-state index is 0.191. The molecule has 1 unspecified atom stereocenters. The number of nitrogens with zero attached hydrogens (tertiary/aromatic N) is 2. The fourth-order valence-corrected chi connectivity index (χ4v) is 4.87. The van der Waals surface area contributed by atoms with Gasteiger partial charge < -0.3 is 24.2 Å². The van der Waals surface area contributed by atoms with E-state index in [2.05, 4.69) is 18.4 Å². The lowest BCUT2D eigenvalue weighted by Gasteiger charge is -2.42. The predicted octanol–water partition coefficient (Wildman–Crippen LogP) is 6.05. The van der Waals surface area contributed by atoms with E-state index in [4.69, 9.17) is 19.2 Å². The number of aromatic hydroxyl groups is 1. The Morgan fingerprint density at radius 3 is 2.35 bits per heavy atom. The van der Waals surface area contributed by atoms with E-state index in [-0.39, 0.29) is 18.0 Å². The van der Waals surface area contributed by atoms with Gasteiger partial charge in [0.25, 0.3) is 0 Å². The van der Waals surface area contributed by atoms with Crippen LogP contribution in [0, 0.1) is 13.8 Å². The summed E-state index contributed by atoms with van der Waals surface area (Å²) in [6.45, 7) is 19.7. The van der Waals surface area contributed by atoms with Gasteiger partial charge in [-0.3, -0.25) is 4.98 Å². The minimum Gasteiger partial charge on any atom is -0.508 e. The second-order valence-corrected chi connectivity index (χ2v) is 10.9. The van der Waals surface area contributed by atoms with Crippen LogP contribution in [0.2, 0.25) is 0 Å². The number of hydrogen-bond acceptors (Lipinski definition) is 7. The summed E-state index contributed by atoms with van der Waals surface area (Å²) in [7, 11) is 0. The number of carbonyl (C=O) groups excluding carboxylic acids is 1. The normalized spacial score (nSPS) is 16.4. The summed E-state index contributed by atoms with van der Waals surface area (Å²) < 4.78 is 18.0. The average molecular weight is 511 g/mol. The van der Waals surface area contributed by atoms with E-state index in [1.165, 1.54) is 0 Å². The summed E-state index contributed by atoms with van der Waals surface area (Å²) >= 11 is 0. The van der Waals surface area contributed by atoms with Crippen LogP contribution in [0.1, 0.15) is 70.5 Å². The Kier molecular flexibility index (Phi) is 9.03. The maximum Gasteiger partial charge on any atom is 0.340 e. The van der Waals surface area contributed by atoms with Crippen LogP contribution in [0.25, 0.3) is 11.1 Å². The number of aryl methyl sites for hydroxylation is 2. The molecule has 3 rings (SSSR count). The van der Waals surface area contributed by atoms with Crippen molar-refractivity contribution in [2.24, 2.45) is 0 Å². The van der Waals surface area contributed by atoms with Gasteiger partial charge in [0.1, 0.15) is 5.75 Å². The van der Waals surface area contributed by atoms with E-state index >= 15 is 0 Å². The molecule has 0 bridgehead atoms. The summed E-state index contributed by atoms with van der Waals surface area (Å²) in [6.07, 6.45) is 2.48. The number of phenolic OH excluding ortho intramolecular Hbond substituents is 1. The van der Waals surface area contributed by atoms with Crippen molar-refractivity contribution in [2.45, 2.75) is 78.6 Å². The SMILES string of the molecule is C=CCOC1(C)CCN(c2c(-c3ccc(O)cc3)c(C)nc(C)c2C(OC(C)(C)C)C(=O)OCC)CC1. The van der Waals surface area contributed by atoms with E-state index < -0.39 is 17.7 Å². The second kappa shape index (κ2) is 11.7. The predicted molar refractivity (Wildman–Crippen MR) is 147 cm³/mol. The van der Waals surface area contributed by atoms with Crippen molar-refractivity contribution in [3.63, 3.8) is 0 Å². The van der Waals surface area contributed by atoms with Gasteiger partial charge in [0, 0.05) is 35.6 Å². The van der Waals surface area contributed by atoms with Crippen molar-refractivity contribution in [2.75, 3.05) is 31.2 Å². The molecule has 1 fully saturated rings. The Morgan fingerprint density at radius 2 is 1.81 bits per heavy atom. The van der Waals surface area contributed by atoms with Gasteiger partial charge in [-0.15, -0.1) is 6.58 Å². The van der Waals surface area contributed by atoms with Crippen molar-refractivity contribution >= 4 is 11.7 Å². The number of esters is 1. The second-order valence-electron chi connectivity index (χ2n) is 10.9. The first-order valence-electron chi connectivity index (χ1n) is 13.0. The lowest BCUT2D eigenvalue weighted by Crippen LogP contribution is -2.45. The molecule has 1 saturated heterocycles. The number of benzene rings is 1. The zero-order valence-corrected chi connectivity index (χ0v) is 23.4. The van der Waals surface area contributed by atoms with Crippen LogP contribution in [-0.4, -0.2) is 53.6 Å². The summed E-state index contributed by atoms with van der Waals surface area (Å²) in [5.41, 5.74) is 4.20. The Balaban J connectivity index is 2.23. The molecule has 37 heavy (non-hydrogen) atoms. The molecule has 0 radical (unpaired) electrons. The third kappa shape index (κ3) is 6.90. The zero-order valence-electron chi connectivity index (χ0n) is 23.4. The van der Waals surface area contributed by atoms with Crippen LogP contribution < -0.4 is 4.90 Å². The fourth-order valence-electron chi connectivity index (χ4n) is 4.87. The first-order chi connectivity index (χ1) is 17.4. The number of carbonyl (C=O) groups is 1. The smallest absolute Gasteiger partial charge is 0.340 e. The molecule has 0 aliphatic carbocycles. The lowest BCUT2D eigenvalue weighted by atomic mass is 9.89. The number of ether oxygens (including phenoxy) is 3. The number of pyridine rings is 1. The Morgan fingerprint density at radius 1 is 1.19 bits per heavy atom. The lowest BCUT2D eigenvalue weighted by molar-refractivity contribution is -0.166. The Hall–Kier alpha value is -2.90. The van der Waals surface area contributed by atoms with E-state index in [1.807, 2.05) is 46.8 Å². The first-order valence-corrected chi connectivity index (χ1v) is 13.0. The van der Waals surface area contributed by atoms with Gasteiger partial charge in [0.15, 0.2) is 6.10 Å². The summed E-state index contributed by atoms with van der Waals surface area (Å²) in [5.74, 6) is -0.239. The van der Waals surface area contributed by atoms with Crippen LogP contribution in [0.4, 0.5) is 5.69 Å². The molecule has 1 N–H and O–H groups in total. The Labute approximate surface area is 221 Å². The van der Waals surface area contributed by atoms with Crippen molar-refractivity contribution in [3.05, 3.63) is 53.9 Å². The summed E-state index contributed by atoms with van der Waals surface area (Å²) in [6, 6.07) is 7.10. The van der Waals surface area contributed by atoms with Crippen LogP contribution >= 0.6 is 0 Å². The maximum absolute atomic E-state index is 13.4. The number of hydrogen-bond donors (Lipinski definition) is 1. The van der Waals surface area contributed by atoms with Crippen LogP contribution in [0.5, 0.6) is 5.75 Å². The zero-order chi connectivity index (χ0) is 27.4. The molecule has 1 aromatic heterocycles. The van der Waals surface area contributed by atoms with Crippen LogP contribution in [0.15, 0.2) is 36.9 Å². The molecule has 2 aromatic rings. The molecule has 1 aromatic carbocycles. The number of rotatable bonds is 9. The van der Waals surface area contributed by atoms with Gasteiger partial charge >= 0.3 is 5.97 Å². The molecule has 7 nitrogen and oxygen atoms in total. The molecular weight excluding hydrogens is 468 g/mol. The quantitative estimate of drug-likeness (QED) is 0.325. The molecule has 0 saturated carbocycles. The standard InChI is InChI=1S/C30H42N2O5/c1-9-19-36-30(8)15-17-32(18-16-30)26-24(22-11-13-23(33)14-12-22)20(3)31-21(4)25(26)27(28(34)35-10-2)37-29(5,6)7/h9,11-14,27,33H,1,10,15-19H2,2-8H3. The van der Waals surface area contributed by atoms with Crippen molar-refractivity contribution in [1.29, 1.82) is 0 Å². The van der Waals surface area contributed by atoms with Gasteiger partial charge in [0.2, 0.25) is 0 Å². The molecule has 1 aliphatic rings. The topological polar surface area (TPSA) is 81.1 Å². The fraction of sp³-hybridized carbons (Fsp3) is 0.533. The molecule has 0 spiro atoms. The van der Waals surface area contributed by atoms with E-state index in [9.17, 15) is 9.90 Å². The number of piperidine rings is 1. The van der Waals surface area contributed by atoms with Gasteiger partial charge in [0.05, 0.1) is 30.1 Å². The largest absolute Gasteiger partial charge is 0.508 e. The molecule has 1 aliphatic heterocycles. The van der Waals surface area contributed by atoms with Gasteiger partial charge in [-0.25, -0.2) is 4.79 Å².